The van der Waals surface area contributed by atoms with Crippen molar-refractivity contribution >= 4 is 62.2 Å². The Morgan fingerprint density at radius 2 is 1.47 bits per heavy atom. The predicted molar refractivity (Wildman–Crippen MR) is 142 cm³/mol. The number of primary amides is 1. The van der Waals surface area contributed by atoms with E-state index in [1.807, 2.05) is 0 Å². The van der Waals surface area contributed by atoms with Gasteiger partial charge in [-0.15, -0.1) is 0 Å². The molecule has 3 N–H and O–H groups in total. The first-order valence-electron chi connectivity index (χ1n) is 11.2. The molecule has 0 atom stereocenters. The Labute approximate surface area is 219 Å². The monoisotopic (exact) mass is 546 g/mol. The van der Waals surface area contributed by atoms with Crippen LogP contribution in [0.4, 0.5) is 21.9 Å². The highest BCUT2D eigenvalue weighted by molar-refractivity contribution is 7.89. The fourth-order valence-electron chi connectivity index (χ4n) is 4.09. The van der Waals surface area contributed by atoms with E-state index in [2.05, 4.69) is 5.32 Å². The maximum absolute atomic E-state index is 13.4. The molecule has 3 amide bonds. The lowest BCUT2D eigenvalue weighted by atomic mass is 10.2. The van der Waals surface area contributed by atoms with E-state index in [-0.39, 0.29) is 26.2 Å². The van der Waals surface area contributed by atoms with Gasteiger partial charge in [0.05, 0.1) is 27.0 Å². The number of amides is 3. The summed E-state index contributed by atoms with van der Waals surface area (Å²) in [7, 11) is -3.84. The number of carbonyl (C=O) groups excluding carboxylic acids is 2. The van der Waals surface area contributed by atoms with Crippen LogP contribution in [0.15, 0.2) is 71.6 Å². The van der Waals surface area contributed by atoms with Crippen molar-refractivity contribution in [2.45, 2.75) is 24.2 Å². The lowest BCUT2D eigenvalue weighted by Gasteiger charge is -2.29. The zero-order valence-corrected chi connectivity index (χ0v) is 21.5. The minimum absolute atomic E-state index is 0.00330. The Morgan fingerprint density at radius 1 is 0.861 bits per heavy atom. The van der Waals surface area contributed by atoms with Crippen molar-refractivity contribution in [2.24, 2.45) is 5.73 Å². The van der Waals surface area contributed by atoms with E-state index in [9.17, 15) is 18.0 Å². The molecule has 0 saturated carbocycles. The first kappa shape index (κ1) is 26.0. The molecule has 0 aliphatic carbocycles. The van der Waals surface area contributed by atoms with E-state index >= 15 is 0 Å². The van der Waals surface area contributed by atoms with Gasteiger partial charge in [-0.05, 0) is 61.4 Å². The van der Waals surface area contributed by atoms with Crippen molar-refractivity contribution in [3.63, 3.8) is 0 Å². The summed E-state index contributed by atoms with van der Waals surface area (Å²) in [5.41, 5.74) is 6.73. The number of hydrogen-bond donors (Lipinski definition) is 2. The van der Waals surface area contributed by atoms with Gasteiger partial charge in [-0.25, -0.2) is 13.2 Å². The van der Waals surface area contributed by atoms with Crippen LogP contribution in [0.1, 0.15) is 29.6 Å². The third-order valence-corrected chi connectivity index (χ3v) is 8.41. The number of benzene rings is 3. The summed E-state index contributed by atoms with van der Waals surface area (Å²) < 4.78 is 28.3. The van der Waals surface area contributed by atoms with Crippen molar-refractivity contribution in [3.05, 3.63) is 82.3 Å². The standard InChI is InChI=1S/C25H24Cl2N4O4S/c26-19-7-6-8-20(27)23(19)24(32)29-17-11-13-18(14-12-17)31(25(28)33)21-9-2-3-10-22(21)36(34,35)30-15-4-1-5-16-30/h2-3,6-14H,1,4-5,15-16H2,(H2,28,33)(H,29,32). The smallest absolute Gasteiger partial charge is 0.323 e. The Bertz CT molecular complexity index is 1370. The minimum atomic E-state index is -3.84. The number of para-hydroxylation sites is 1. The Morgan fingerprint density at radius 3 is 2.08 bits per heavy atom. The molecular formula is C25H24Cl2N4O4S. The highest BCUT2D eigenvalue weighted by Crippen LogP contribution is 2.34. The topological polar surface area (TPSA) is 113 Å². The third-order valence-electron chi connectivity index (χ3n) is 5.83. The number of carbonyl (C=O) groups is 2. The minimum Gasteiger partial charge on any atom is -0.351 e. The molecule has 0 bridgehead atoms. The van der Waals surface area contributed by atoms with Crippen LogP contribution in [-0.2, 0) is 10.0 Å². The molecule has 1 heterocycles. The van der Waals surface area contributed by atoms with E-state index in [1.165, 1.54) is 16.4 Å². The summed E-state index contributed by atoms with van der Waals surface area (Å²) in [6.07, 6.45) is 2.55. The van der Waals surface area contributed by atoms with Gasteiger partial charge in [-0.1, -0.05) is 47.8 Å². The summed E-state index contributed by atoms with van der Waals surface area (Å²) >= 11 is 12.2. The molecule has 188 valence electrons. The molecule has 3 aromatic carbocycles. The number of nitrogens with one attached hydrogen (secondary N) is 1. The Hall–Kier alpha value is -3.11. The molecule has 1 saturated heterocycles. The van der Waals surface area contributed by atoms with Crippen LogP contribution >= 0.6 is 23.2 Å². The highest BCUT2D eigenvalue weighted by Gasteiger charge is 2.31. The van der Waals surface area contributed by atoms with Crippen LogP contribution in [-0.4, -0.2) is 37.8 Å². The molecule has 0 unspecified atom stereocenters. The van der Waals surface area contributed by atoms with E-state index < -0.39 is 22.0 Å². The van der Waals surface area contributed by atoms with Crippen molar-refractivity contribution in [1.29, 1.82) is 0 Å². The Balaban J connectivity index is 1.64. The summed E-state index contributed by atoms with van der Waals surface area (Å²) in [5.74, 6) is -0.497. The van der Waals surface area contributed by atoms with Crippen molar-refractivity contribution in [2.75, 3.05) is 23.3 Å². The van der Waals surface area contributed by atoms with Gasteiger partial charge in [-0.3, -0.25) is 9.69 Å². The number of nitrogens with two attached hydrogens (primary N) is 1. The molecule has 0 aromatic heterocycles. The second-order valence-corrected chi connectivity index (χ2v) is 10.9. The molecule has 1 aliphatic heterocycles. The second-order valence-electron chi connectivity index (χ2n) is 8.20. The molecule has 4 rings (SSSR count). The Kier molecular flexibility index (Phi) is 7.85. The number of urea groups is 1. The maximum Gasteiger partial charge on any atom is 0.323 e. The summed E-state index contributed by atoms with van der Waals surface area (Å²) in [6, 6.07) is 16.4. The highest BCUT2D eigenvalue weighted by atomic mass is 35.5. The van der Waals surface area contributed by atoms with Gasteiger partial charge < -0.3 is 11.1 Å². The van der Waals surface area contributed by atoms with Gasteiger partial charge in [0, 0.05) is 18.8 Å². The average molecular weight is 547 g/mol. The van der Waals surface area contributed by atoms with E-state index in [0.717, 1.165) is 24.2 Å². The van der Waals surface area contributed by atoms with Gasteiger partial charge in [0.1, 0.15) is 4.90 Å². The summed E-state index contributed by atoms with van der Waals surface area (Å²) in [4.78, 5) is 26.3. The van der Waals surface area contributed by atoms with Crippen LogP contribution in [0.25, 0.3) is 0 Å². The van der Waals surface area contributed by atoms with Crippen molar-refractivity contribution in [1.82, 2.24) is 4.31 Å². The fraction of sp³-hybridized carbons (Fsp3) is 0.200. The fourth-order valence-corrected chi connectivity index (χ4v) is 6.35. The molecule has 36 heavy (non-hydrogen) atoms. The maximum atomic E-state index is 13.4. The lowest BCUT2D eigenvalue weighted by molar-refractivity contribution is 0.102. The van der Waals surface area contributed by atoms with Gasteiger partial charge in [0.15, 0.2) is 0 Å². The first-order chi connectivity index (χ1) is 17.2. The van der Waals surface area contributed by atoms with Gasteiger partial charge in [0.2, 0.25) is 10.0 Å². The SMILES string of the molecule is NC(=O)N(c1ccc(NC(=O)c2c(Cl)cccc2Cl)cc1)c1ccccc1S(=O)(=O)N1CCCCC1. The van der Waals surface area contributed by atoms with Crippen molar-refractivity contribution in [3.8, 4) is 0 Å². The molecule has 0 spiro atoms. The predicted octanol–water partition coefficient (Wildman–Crippen LogP) is 5.64. The quantitative estimate of drug-likeness (QED) is 0.416. The molecular weight excluding hydrogens is 523 g/mol. The van der Waals surface area contributed by atoms with Crippen LogP contribution in [0.3, 0.4) is 0 Å². The third kappa shape index (κ3) is 5.34. The summed E-state index contributed by atoms with van der Waals surface area (Å²) in [6.45, 7) is 0.855. The van der Waals surface area contributed by atoms with Crippen LogP contribution in [0.2, 0.25) is 10.0 Å². The van der Waals surface area contributed by atoms with Gasteiger partial charge in [0.25, 0.3) is 5.91 Å². The molecule has 1 fully saturated rings. The number of rotatable bonds is 6. The average Bonchev–Trinajstić information content (AvgIpc) is 2.86. The van der Waals surface area contributed by atoms with Gasteiger partial charge in [-0.2, -0.15) is 4.31 Å². The molecule has 1 aliphatic rings. The largest absolute Gasteiger partial charge is 0.351 e. The molecule has 8 nitrogen and oxygen atoms in total. The molecule has 11 heteroatoms. The van der Waals surface area contributed by atoms with E-state index in [1.54, 1.807) is 54.6 Å². The number of nitrogens with zero attached hydrogens (tertiary/aromatic N) is 2. The molecule has 0 radical (unpaired) electrons. The first-order valence-corrected chi connectivity index (χ1v) is 13.4. The number of piperidine rings is 1. The normalized spacial score (nSPS) is 14.3. The number of halogens is 2. The van der Waals surface area contributed by atoms with Crippen LogP contribution in [0, 0.1) is 0 Å². The second kappa shape index (κ2) is 10.9. The number of anilines is 3. The van der Waals surface area contributed by atoms with Crippen molar-refractivity contribution < 1.29 is 18.0 Å². The lowest BCUT2D eigenvalue weighted by Crippen LogP contribution is -2.38. The van der Waals surface area contributed by atoms with E-state index in [4.69, 9.17) is 28.9 Å². The van der Waals surface area contributed by atoms with Gasteiger partial charge >= 0.3 is 6.03 Å². The zero-order chi connectivity index (χ0) is 25.9. The van der Waals surface area contributed by atoms with E-state index in [0.29, 0.717) is 24.5 Å². The molecule has 3 aromatic rings. The number of sulfonamides is 1. The van der Waals surface area contributed by atoms with Crippen LogP contribution < -0.4 is 16.0 Å². The zero-order valence-electron chi connectivity index (χ0n) is 19.2. The van der Waals surface area contributed by atoms with Crippen LogP contribution in [0.5, 0.6) is 0 Å². The summed E-state index contributed by atoms with van der Waals surface area (Å²) in [5, 5.41) is 3.13. The number of hydrogen-bond acceptors (Lipinski definition) is 4.